The van der Waals surface area contributed by atoms with Crippen molar-refractivity contribution in [1.82, 2.24) is 0 Å². The smallest absolute Gasteiger partial charge is 0.435 e. The van der Waals surface area contributed by atoms with Gasteiger partial charge in [-0.25, -0.2) is 4.79 Å². The molecule has 0 N–H and O–H groups in total. The zero-order chi connectivity index (χ0) is 14.7. The normalized spacial score (nSPS) is 21.4. The van der Waals surface area contributed by atoms with Crippen LogP contribution in [-0.2, 0) is 20.4 Å². The monoisotopic (exact) mass is 303 g/mol. The second-order valence-electron chi connectivity index (χ2n) is 5.05. The van der Waals surface area contributed by atoms with Gasteiger partial charge in [-0.05, 0) is 24.4 Å². The Balaban J connectivity index is 1.74. The van der Waals surface area contributed by atoms with Crippen LogP contribution in [0, 0.1) is 0 Å². The Morgan fingerprint density at radius 2 is 2.05 bits per heavy atom. The van der Waals surface area contributed by atoms with Gasteiger partial charge in [0.2, 0.25) is 0 Å². The Labute approximate surface area is 127 Å². The number of rotatable bonds is 3. The molecule has 1 aliphatic heterocycles. The van der Waals surface area contributed by atoms with Crippen molar-refractivity contribution in [3.8, 4) is 0 Å². The molecule has 3 rings (SSSR count). The molecule has 0 aliphatic carbocycles. The molecule has 110 valence electrons. The molecule has 4 heteroatoms. The van der Waals surface area contributed by atoms with Gasteiger partial charge in [-0.15, -0.1) is 0 Å². The summed E-state index contributed by atoms with van der Waals surface area (Å²) in [5, 5.41) is 2.59. The molecule has 1 aliphatic rings. The van der Waals surface area contributed by atoms with Gasteiger partial charge >= 0.3 is 6.16 Å². The van der Waals surface area contributed by atoms with Crippen molar-refractivity contribution in [2.24, 2.45) is 0 Å². The first kappa shape index (κ1) is 14.3. The van der Waals surface area contributed by atoms with Crippen LogP contribution in [0.1, 0.15) is 13.3 Å². The van der Waals surface area contributed by atoms with Gasteiger partial charge in [-0.2, -0.15) is 0 Å². The molecule has 3 nitrogen and oxygen atoms in total. The second-order valence-corrected chi connectivity index (χ2v) is 7.22. The highest BCUT2D eigenvalue weighted by atomic mass is 32.2. The maximum atomic E-state index is 11.4. The molecule has 2 atom stereocenters. The minimum absolute atomic E-state index is 0.00801. The molecule has 2 unspecified atom stereocenters. The summed E-state index contributed by atoms with van der Waals surface area (Å²) in [4.78, 5) is 12.8. The summed E-state index contributed by atoms with van der Waals surface area (Å²) in [5.41, 5.74) is 0. The van der Waals surface area contributed by atoms with Gasteiger partial charge in [-0.3, -0.25) is 0 Å². The SMILES string of the molecule is CCOC(=O)OC1CC[S+](c2cccc3ccccc23)C1. The molecule has 21 heavy (non-hydrogen) atoms. The Morgan fingerprint density at radius 1 is 1.24 bits per heavy atom. The number of benzene rings is 2. The summed E-state index contributed by atoms with van der Waals surface area (Å²) in [6.45, 7) is 2.15. The van der Waals surface area contributed by atoms with E-state index in [9.17, 15) is 4.79 Å². The summed E-state index contributed by atoms with van der Waals surface area (Å²) in [5.74, 6) is 1.99. The highest BCUT2D eigenvalue weighted by Crippen LogP contribution is 2.30. The highest BCUT2D eigenvalue weighted by Gasteiger charge is 2.38. The summed E-state index contributed by atoms with van der Waals surface area (Å²) >= 11 is 0. The van der Waals surface area contributed by atoms with Crippen molar-refractivity contribution >= 4 is 27.8 Å². The third-order valence-electron chi connectivity index (χ3n) is 3.66. The third kappa shape index (κ3) is 3.16. The Hall–Kier alpha value is -1.68. The van der Waals surface area contributed by atoms with Gasteiger partial charge in [0.15, 0.2) is 16.8 Å². The van der Waals surface area contributed by atoms with Gasteiger partial charge in [0.25, 0.3) is 0 Å². The lowest BCUT2D eigenvalue weighted by molar-refractivity contribution is 0.0345. The van der Waals surface area contributed by atoms with Crippen LogP contribution in [0.25, 0.3) is 10.8 Å². The van der Waals surface area contributed by atoms with E-state index in [4.69, 9.17) is 9.47 Å². The van der Waals surface area contributed by atoms with Gasteiger partial charge < -0.3 is 9.47 Å². The molecule has 0 aromatic heterocycles. The molecule has 0 bridgehead atoms. The van der Waals surface area contributed by atoms with Crippen molar-refractivity contribution in [3.63, 3.8) is 0 Å². The summed E-state index contributed by atoms with van der Waals surface area (Å²) in [6.07, 6.45) is 0.378. The fraction of sp³-hybridized carbons (Fsp3) is 0.353. The van der Waals surface area contributed by atoms with Crippen molar-refractivity contribution in [2.75, 3.05) is 18.1 Å². The fourth-order valence-corrected chi connectivity index (χ4v) is 5.26. The Bertz CT molecular complexity index is 635. The average Bonchev–Trinajstić information content (AvgIpc) is 2.95. The van der Waals surface area contributed by atoms with Crippen LogP contribution in [0.4, 0.5) is 4.79 Å². The van der Waals surface area contributed by atoms with Crippen LogP contribution in [-0.4, -0.2) is 30.4 Å². The van der Waals surface area contributed by atoms with E-state index < -0.39 is 6.16 Å². The van der Waals surface area contributed by atoms with E-state index in [0.29, 0.717) is 6.61 Å². The number of fused-ring (bicyclic) bond motifs is 1. The number of carbonyl (C=O) groups is 1. The quantitative estimate of drug-likeness (QED) is 0.640. The van der Waals surface area contributed by atoms with Crippen molar-refractivity contribution in [3.05, 3.63) is 42.5 Å². The average molecular weight is 303 g/mol. The summed E-state index contributed by atoms with van der Waals surface area (Å²) in [7, 11) is 0.152. The zero-order valence-corrected chi connectivity index (χ0v) is 12.9. The van der Waals surface area contributed by atoms with Crippen LogP contribution in [0.5, 0.6) is 0 Å². The molecule has 0 spiro atoms. The van der Waals surface area contributed by atoms with Crippen LogP contribution in [0.2, 0.25) is 0 Å². The molecular weight excluding hydrogens is 284 g/mol. The van der Waals surface area contributed by atoms with E-state index in [1.807, 2.05) is 0 Å². The van der Waals surface area contributed by atoms with E-state index in [0.717, 1.165) is 17.9 Å². The van der Waals surface area contributed by atoms with Crippen LogP contribution in [0.15, 0.2) is 47.4 Å². The molecule has 0 saturated carbocycles. The van der Waals surface area contributed by atoms with Crippen molar-refractivity contribution in [2.45, 2.75) is 24.3 Å². The van der Waals surface area contributed by atoms with E-state index >= 15 is 0 Å². The summed E-state index contributed by atoms with van der Waals surface area (Å²) in [6, 6.07) is 14.9. The van der Waals surface area contributed by atoms with E-state index in [2.05, 4.69) is 42.5 Å². The number of hydrogen-bond donors (Lipinski definition) is 0. The molecule has 1 saturated heterocycles. The maximum Gasteiger partial charge on any atom is 0.508 e. The topological polar surface area (TPSA) is 35.5 Å². The first-order chi connectivity index (χ1) is 10.3. The number of hydrogen-bond acceptors (Lipinski definition) is 3. The van der Waals surface area contributed by atoms with Crippen molar-refractivity contribution in [1.29, 1.82) is 0 Å². The maximum absolute atomic E-state index is 11.4. The standard InChI is InChI=1S/C17H19O3S/c1-2-19-17(18)20-14-10-11-21(12-14)16-9-5-7-13-6-3-4-8-15(13)16/h3-9,14H,2,10-12H2,1H3/q+1. The fourth-order valence-electron chi connectivity index (χ4n) is 2.69. The largest absolute Gasteiger partial charge is 0.508 e. The van der Waals surface area contributed by atoms with E-state index in [1.165, 1.54) is 15.7 Å². The molecule has 1 fully saturated rings. The second kappa shape index (κ2) is 6.39. The number of ether oxygens (including phenoxy) is 2. The lowest BCUT2D eigenvalue weighted by Crippen LogP contribution is -2.20. The minimum Gasteiger partial charge on any atom is -0.435 e. The summed E-state index contributed by atoms with van der Waals surface area (Å²) < 4.78 is 10.2. The Morgan fingerprint density at radius 3 is 2.90 bits per heavy atom. The van der Waals surface area contributed by atoms with Crippen LogP contribution >= 0.6 is 0 Å². The predicted octanol–water partition coefficient (Wildman–Crippen LogP) is 3.76. The first-order valence-corrected chi connectivity index (χ1v) is 8.83. The molecule has 2 aromatic carbocycles. The molecule has 0 amide bonds. The molecular formula is C17H19O3S+. The van der Waals surface area contributed by atoms with Crippen molar-refractivity contribution < 1.29 is 14.3 Å². The van der Waals surface area contributed by atoms with Gasteiger partial charge in [-0.1, -0.05) is 30.3 Å². The van der Waals surface area contributed by atoms with E-state index in [-0.39, 0.29) is 17.0 Å². The molecule has 2 aromatic rings. The first-order valence-electron chi connectivity index (χ1n) is 7.26. The van der Waals surface area contributed by atoms with Crippen LogP contribution in [0.3, 0.4) is 0 Å². The zero-order valence-electron chi connectivity index (χ0n) is 12.1. The highest BCUT2D eigenvalue weighted by molar-refractivity contribution is 7.97. The molecule has 1 heterocycles. The van der Waals surface area contributed by atoms with E-state index in [1.54, 1.807) is 6.92 Å². The predicted molar refractivity (Wildman–Crippen MR) is 85.8 cm³/mol. The minimum atomic E-state index is -0.536. The lowest BCUT2D eigenvalue weighted by atomic mass is 10.1. The van der Waals surface area contributed by atoms with Gasteiger partial charge in [0, 0.05) is 22.7 Å². The molecule has 0 radical (unpaired) electrons. The lowest BCUT2D eigenvalue weighted by Gasteiger charge is -2.08. The van der Waals surface area contributed by atoms with Gasteiger partial charge in [0.05, 0.1) is 6.61 Å². The number of carbonyl (C=O) groups excluding carboxylic acids is 1. The van der Waals surface area contributed by atoms with Gasteiger partial charge in [0.1, 0.15) is 5.75 Å². The van der Waals surface area contributed by atoms with Crippen LogP contribution < -0.4 is 0 Å². The Kier molecular flexibility index (Phi) is 4.34. The third-order valence-corrected chi connectivity index (χ3v) is 6.14.